The summed E-state index contributed by atoms with van der Waals surface area (Å²) < 4.78 is 0. The van der Waals surface area contributed by atoms with E-state index in [9.17, 15) is 4.79 Å². The number of carboxylic acid groups (broad SMARTS) is 1. The molecular formula is C9H12N2O2. The molecule has 0 bridgehead atoms. The Balaban J connectivity index is 3.03. The maximum atomic E-state index is 10.5. The number of hydrogen-bond donors (Lipinski definition) is 3. The van der Waals surface area contributed by atoms with Gasteiger partial charge >= 0.3 is 5.97 Å². The fourth-order valence-electron chi connectivity index (χ4n) is 1.03. The second-order valence-corrected chi connectivity index (χ2v) is 2.93. The summed E-state index contributed by atoms with van der Waals surface area (Å²) in [7, 11) is 0. The van der Waals surface area contributed by atoms with Crippen molar-refractivity contribution in [3.63, 3.8) is 0 Å². The van der Waals surface area contributed by atoms with Crippen LogP contribution in [0.15, 0.2) is 18.2 Å². The van der Waals surface area contributed by atoms with Crippen molar-refractivity contribution in [1.82, 2.24) is 0 Å². The van der Waals surface area contributed by atoms with Crippen LogP contribution < -0.4 is 11.5 Å². The van der Waals surface area contributed by atoms with Crippen molar-refractivity contribution in [2.45, 2.75) is 13.0 Å². The monoisotopic (exact) mass is 180 g/mol. The number of carboxylic acids is 1. The van der Waals surface area contributed by atoms with Gasteiger partial charge in [0.15, 0.2) is 0 Å². The van der Waals surface area contributed by atoms with Gasteiger partial charge in [-0.05, 0) is 24.1 Å². The summed E-state index contributed by atoms with van der Waals surface area (Å²) in [4.78, 5) is 10.5. The maximum Gasteiger partial charge on any atom is 0.325 e. The van der Waals surface area contributed by atoms with Gasteiger partial charge in [0.1, 0.15) is 6.04 Å². The van der Waals surface area contributed by atoms with E-state index >= 15 is 0 Å². The minimum absolute atomic E-state index is 0.569. The number of nitrogen functional groups attached to an aromatic ring is 1. The molecule has 1 rings (SSSR count). The van der Waals surface area contributed by atoms with Crippen molar-refractivity contribution < 1.29 is 9.90 Å². The second kappa shape index (κ2) is 3.45. The lowest BCUT2D eigenvalue weighted by atomic mass is 10.0. The highest BCUT2D eigenvalue weighted by atomic mass is 16.4. The number of benzene rings is 1. The van der Waals surface area contributed by atoms with E-state index in [1.54, 1.807) is 18.2 Å². The molecule has 0 saturated carbocycles. The Labute approximate surface area is 76.2 Å². The van der Waals surface area contributed by atoms with Crippen LogP contribution in [-0.4, -0.2) is 11.1 Å². The largest absolute Gasteiger partial charge is 0.480 e. The van der Waals surface area contributed by atoms with Crippen molar-refractivity contribution in [2.75, 3.05) is 5.73 Å². The van der Waals surface area contributed by atoms with E-state index in [0.717, 1.165) is 5.56 Å². The molecule has 0 aliphatic heterocycles. The fraction of sp³-hybridized carbons (Fsp3) is 0.222. The SMILES string of the molecule is Cc1cc(C(N)C(=O)O)ccc1N. The quantitative estimate of drug-likeness (QED) is 0.583. The molecule has 4 heteroatoms. The number of rotatable bonds is 2. The lowest BCUT2D eigenvalue weighted by Gasteiger charge is -2.08. The molecule has 0 aliphatic rings. The zero-order valence-corrected chi connectivity index (χ0v) is 7.32. The molecule has 0 spiro atoms. The van der Waals surface area contributed by atoms with Crippen molar-refractivity contribution in [1.29, 1.82) is 0 Å². The first kappa shape index (κ1) is 9.54. The highest BCUT2D eigenvalue weighted by molar-refractivity contribution is 5.75. The molecule has 0 radical (unpaired) electrons. The summed E-state index contributed by atoms with van der Waals surface area (Å²) >= 11 is 0. The van der Waals surface area contributed by atoms with Gasteiger partial charge in [-0.15, -0.1) is 0 Å². The highest BCUT2D eigenvalue weighted by Crippen LogP contribution is 2.17. The Hall–Kier alpha value is -1.55. The summed E-state index contributed by atoms with van der Waals surface area (Å²) in [6.07, 6.45) is 0. The molecular weight excluding hydrogens is 168 g/mol. The standard InChI is InChI=1S/C9H12N2O2/c1-5-4-6(2-3-7(5)10)8(11)9(12)13/h2-4,8H,10-11H2,1H3,(H,12,13). The molecule has 70 valence electrons. The summed E-state index contributed by atoms with van der Waals surface area (Å²) in [6, 6.07) is 4.00. The van der Waals surface area contributed by atoms with E-state index in [2.05, 4.69) is 0 Å². The van der Waals surface area contributed by atoms with E-state index < -0.39 is 12.0 Å². The molecule has 0 fully saturated rings. The molecule has 0 saturated heterocycles. The number of carbonyl (C=O) groups is 1. The van der Waals surface area contributed by atoms with Gasteiger partial charge in [-0.1, -0.05) is 12.1 Å². The Kier molecular flexibility index (Phi) is 2.53. The third kappa shape index (κ3) is 1.97. The molecule has 0 amide bonds. The van der Waals surface area contributed by atoms with E-state index in [-0.39, 0.29) is 0 Å². The predicted molar refractivity (Wildman–Crippen MR) is 50.2 cm³/mol. The summed E-state index contributed by atoms with van der Waals surface area (Å²) in [5.41, 5.74) is 13.0. The lowest BCUT2D eigenvalue weighted by molar-refractivity contribution is -0.138. The van der Waals surface area contributed by atoms with E-state index in [1.165, 1.54) is 0 Å². The number of hydrogen-bond acceptors (Lipinski definition) is 3. The van der Waals surface area contributed by atoms with Crippen LogP contribution in [0.3, 0.4) is 0 Å². The maximum absolute atomic E-state index is 10.5. The van der Waals surface area contributed by atoms with Gasteiger partial charge in [0.25, 0.3) is 0 Å². The normalized spacial score (nSPS) is 12.5. The smallest absolute Gasteiger partial charge is 0.325 e. The first-order valence-corrected chi connectivity index (χ1v) is 3.87. The van der Waals surface area contributed by atoms with Gasteiger partial charge in [0.05, 0.1) is 0 Å². The molecule has 1 atom stereocenters. The molecule has 0 heterocycles. The molecule has 1 aromatic carbocycles. The molecule has 1 unspecified atom stereocenters. The van der Waals surface area contributed by atoms with Crippen LogP contribution in [0.4, 0.5) is 5.69 Å². The molecule has 4 nitrogen and oxygen atoms in total. The average Bonchev–Trinajstić information content (AvgIpc) is 2.08. The third-order valence-corrected chi connectivity index (χ3v) is 1.92. The van der Waals surface area contributed by atoms with Crippen molar-refractivity contribution >= 4 is 11.7 Å². The van der Waals surface area contributed by atoms with Crippen molar-refractivity contribution in [3.05, 3.63) is 29.3 Å². The minimum atomic E-state index is -1.04. The van der Waals surface area contributed by atoms with Gasteiger partial charge in [-0.2, -0.15) is 0 Å². The Bertz CT molecular complexity index is 336. The molecule has 0 aromatic heterocycles. The van der Waals surface area contributed by atoms with Crippen LogP contribution in [0.1, 0.15) is 17.2 Å². The lowest BCUT2D eigenvalue weighted by Crippen LogP contribution is -2.20. The van der Waals surface area contributed by atoms with Crippen LogP contribution in [0.25, 0.3) is 0 Å². The summed E-state index contributed by atoms with van der Waals surface area (Å²) in [6.45, 7) is 1.81. The van der Waals surface area contributed by atoms with Crippen LogP contribution in [0.2, 0.25) is 0 Å². The minimum Gasteiger partial charge on any atom is -0.480 e. The Morgan fingerprint density at radius 3 is 2.62 bits per heavy atom. The van der Waals surface area contributed by atoms with Crippen LogP contribution in [0, 0.1) is 6.92 Å². The second-order valence-electron chi connectivity index (χ2n) is 2.93. The van der Waals surface area contributed by atoms with Gasteiger partial charge in [-0.3, -0.25) is 4.79 Å². The van der Waals surface area contributed by atoms with Gasteiger partial charge in [0, 0.05) is 5.69 Å². The summed E-state index contributed by atoms with van der Waals surface area (Å²) in [5.74, 6) is -1.04. The topological polar surface area (TPSA) is 89.3 Å². The van der Waals surface area contributed by atoms with E-state index in [4.69, 9.17) is 16.6 Å². The van der Waals surface area contributed by atoms with Crippen LogP contribution >= 0.6 is 0 Å². The van der Waals surface area contributed by atoms with Gasteiger partial charge in [0.2, 0.25) is 0 Å². The molecule has 5 N–H and O–H groups in total. The fourth-order valence-corrected chi connectivity index (χ4v) is 1.03. The molecule has 1 aromatic rings. The first-order valence-electron chi connectivity index (χ1n) is 3.87. The van der Waals surface area contributed by atoms with Crippen LogP contribution in [-0.2, 0) is 4.79 Å². The third-order valence-electron chi connectivity index (χ3n) is 1.92. The zero-order valence-electron chi connectivity index (χ0n) is 7.32. The number of aliphatic carboxylic acids is 1. The molecule has 13 heavy (non-hydrogen) atoms. The van der Waals surface area contributed by atoms with E-state index in [1.807, 2.05) is 6.92 Å². The van der Waals surface area contributed by atoms with Crippen molar-refractivity contribution in [2.24, 2.45) is 5.73 Å². The van der Waals surface area contributed by atoms with Gasteiger partial charge < -0.3 is 16.6 Å². The highest BCUT2D eigenvalue weighted by Gasteiger charge is 2.14. The predicted octanol–water partition coefficient (Wildman–Crippen LogP) is 0.662. The Morgan fingerprint density at radius 1 is 1.54 bits per heavy atom. The van der Waals surface area contributed by atoms with E-state index in [0.29, 0.717) is 11.3 Å². The number of nitrogens with two attached hydrogens (primary N) is 2. The van der Waals surface area contributed by atoms with Crippen LogP contribution in [0.5, 0.6) is 0 Å². The first-order chi connectivity index (χ1) is 6.02. The Morgan fingerprint density at radius 2 is 2.15 bits per heavy atom. The van der Waals surface area contributed by atoms with Gasteiger partial charge in [-0.25, -0.2) is 0 Å². The number of anilines is 1. The number of aryl methyl sites for hydroxylation is 1. The summed E-state index contributed by atoms with van der Waals surface area (Å²) in [5, 5.41) is 8.64. The molecule has 0 aliphatic carbocycles. The average molecular weight is 180 g/mol. The van der Waals surface area contributed by atoms with Crippen molar-refractivity contribution in [3.8, 4) is 0 Å². The zero-order chi connectivity index (χ0) is 10.0.